The SMILES string of the molecule is O=C1c2ccccc2C(=O)N1CCCn1ncnn1. The van der Waals surface area contributed by atoms with Crippen molar-refractivity contribution >= 4 is 11.8 Å². The van der Waals surface area contributed by atoms with E-state index in [9.17, 15) is 9.59 Å². The Kier molecular flexibility index (Phi) is 2.79. The molecule has 0 bridgehead atoms. The first-order valence-corrected chi connectivity index (χ1v) is 5.93. The second-order valence-electron chi connectivity index (χ2n) is 4.19. The molecular weight excluding hydrogens is 246 g/mol. The molecule has 7 heteroatoms. The van der Waals surface area contributed by atoms with E-state index in [1.165, 1.54) is 16.0 Å². The number of aryl methyl sites for hydroxylation is 1. The van der Waals surface area contributed by atoms with Crippen LogP contribution in [0.25, 0.3) is 0 Å². The molecule has 0 N–H and O–H groups in total. The Morgan fingerprint density at radius 2 is 1.68 bits per heavy atom. The number of carbonyl (C=O) groups is 2. The maximum Gasteiger partial charge on any atom is 0.261 e. The highest BCUT2D eigenvalue weighted by Crippen LogP contribution is 2.22. The van der Waals surface area contributed by atoms with Crippen LogP contribution in [0.1, 0.15) is 27.1 Å². The van der Waals surface area contributed by atoms with Crippen LogP contribution in [0.2, 0.25) is 0 Å². The summed E-state index contributed by atoms with van der Waals surface area (Å²) in [5.41, 5.74) is 0.956. The van der Waals surface area contributed by atoms with Crippen LogP contribution in [0.3, 0.4) is 0 Å². The van der Waals surface area contributed by atoms with E-state index in [2.05, 4.69) is 15.4 Å². The van der Waals surface area contributed by atoms with Crippen molar-refractivity contribution in [1.29, 1.82) is 0 Å². The first kappa shape index (κ1) is 11.5. The summed E-state index contributed by atoms with van der Waals surface area (Å²) in [7, 11) is 0. The lowest BCUT2D eigenvalue weighted by Crippen LogP contribution is -2.31. The van der Waals surface area contributed by atoms with Crippen molar-refractivity contribution < 1.29 is 9.59 Å². The van der Waals surface area contributed by atoms with Gasteiger partial charge in [-0.1, -0.05) is 12.1 Å². The van der Waals surface area contributed by atoms with E-state index < -0.39 is 0 Å². The smallest absolute Gasteiger partial charge is 0.261 e. The quantitative estimate of drug-likeness (QED) is 0.739. The number of benzene rings is 1. The summed E-state index contributed by atoms with van der Waals surface area (Å²) in [6, 6.07) is 6.86. The molecule has 1 aromatic carbocycles. The molecule has 0 fully saturated rings. The Morgan fingerprint density at radius 3 is 2.26 bits per heavy atom. The van der Waals surface area contributed by atoms with Crippen molar-refractivity contribution in [2.24, 2.45) is 0 Å². The predicted molar refractivity (Wildman–Crippen MR) is 64.2 cm³/mol. The molecule has 2 heterocycles. The molecule has 0 saturated carbocycles. The summed E-state index contributed by atoms with van der Waals surface area (Å²) in [6.07, 6.45) is 1.95. The van der Waals surface area contributed by atoms with Gasteiger partial charge in [-0.15, -0.1) is 10.2 Å². The van der Waals surface area contributed by atoms with E-state index in [0.29, 0.717) is 30.6 Å². The lowest BCUT2D eigenvalue weighted by Gasteiger charge is -2.12. The van der Waals surface area contributed by atoms with Gasteiger partial charge in [0.15, 0.2) is 6.33 Å². The van der Waals surface area contributed by atoms with Gasteiger partial charge in [-0.3, -0.25) is 14.5 Å². The molecule has 2 aromatic rings. The van der Waals surface area contributed by atoms with Crippen LogP contribution in [0.5, 0.6) is 0 Å². The zero-order valence-electron chi connectivity index (χ0n) is 10.1. The molecule has 3 rings (SSSR count). The fraction of sp³-hybridized carbons (Fsp3) is 0.250. The number of imide groups is 1. The van der Waals surface area contributed by atoms with Crippen LogP contribution in [-0.2, 0) is 6.54 Å². The molecule has 0 atom stereocenters. The minimum absolute atomic E-state index is 0.229. The van der Waals surface area contributed by atoms with Gasteiger partial charge >= 0.3 is 0 Å². The molecule has 0 spiro atoms. The van der Waals surface area contributed by atoms with E-state index in [-0.39, 0.29) is 11.8 Å². The molecule has 2 amide bonds. The number of fused-ring (bicyclic) bond motifs is 1. The van der Waals surface area contributed by atoms with Gasteiger partial charge in [0.1, 0.15) is 0 Å². The van der Waals surface area contributed by atoms with Crippen LogP contribution in [0, 0.1) is 0 Å². The fourth-order valence-corrected chi connectivity index (χ4v) is 2.10. The molecule has 1 aromatic heterocycles. The third-order valence-corrected chi connectivity index (χ3v) is 3.01. The normalized spacial score (nSPS) is 14.0. The number of amides is 2. The Bertz CT molecular complexity index is 588. The minimum atomic E-state index is -0.229. The zero-order chi connectivity index (χ0) is 13.2. The van der Waals surface area contributed by atoms with E-state index in [4.69, 9.17) is 0 Å². The fourth-order valence-electron chi connectivity index (χ4n) is 2.10. The number of carbonyl (C=O) groups excluding carboxylic acids is 2. The van der Waals surface area contributed by atoms with Crippen molar-refractivity contribution in [3.8, 4) is 0 Å². The standard InChI is InChI=1S/C12H11N5O2/c18-11-9-4-1-2-5-10(9)12(19)16(11)6-3-7-17-14-8-13-15-17/h1-2,4-5,8H,3,6-7H2. The van der Waals surface area contributed by atoms with Crippen molar-refractivity contribution in [3.05, 3.63) is 41.7 Å². The summed E-state index contributed by atoms with van der Waals surface area (Å²) in [6.45, 7) is 0.876. The van der Waals surface area contributed by atoms with Crippen LogP contribution >= 0.6 is 0 Å². The van der Waals surface area contributed by atoms with E-state index in [0.717, 1.165) is 0 Å². The van der Waals surface area contributed by atoms with Gasteiger partial charge in [0, 0.05) is 6.54 Å². The van der Waals surface area contributed by atoms with Crippen molar-refractivity contribution in [3.63, 3.8) is 0 Å². The van der Waals surface area contributed by atoms with Gasteiger partial charge in [0.2, 0.25) is 0 Å². The second-order valence-corrected chi connectivity index (χ2v) is 4.19. The number of hydrogen-bond acceptors (Lipinski definition) is 5. The van der Waals surface area contributed by atoms with Crippen molar-refractivity contribution in [2.45, 2.75) is 13.0 Å². The summed E-state index contributed by atoms with van der Waals surface area (Å²) >= 11 is 0. The lowest BCUT2D eigenvalue weighted by molar-refractivity contribution is 0.0649. The van der Waals surface area contributed by atoms with Crippen LogP contribution in [-0.4, -0.2) is 43.5 Å². The first-order chi connectivity index (χ1) is 9.27. The summed E-state index contributed by atoms with van der Waals surface area (Å²) in [4.78, 5) is 26.8. The third kappa shape index (κ3) is 1.99. The molecule has 7 nitrogen and oxygen atoms in total. The average molecular weight is 257 g/mol. The summed E-state index contributed by atoms with van der Waals surface area (Å²) in [5, 5.41) is 11.2. The average Bonchev–Trinajstić information content (AvgIpc) is 3.02. The third-order valence-electron chi connectivity index (χ3n) is 3.01. The number of nitrogens with zero attached hydrogens (tertiary/aromatic N) is 5. The summed E-state index contributed by atoms with van der Waals surface area (Å²) in [5.74, 6) is -0.459. The maximum atomic E-state index is 12.1. The largest absolute Gasteiger partial charge is 0.274 e. The Hall–Kier alpha value is -2.57. The van der Waals surface area contributed by atoms with Crippen LogP contribution < -0.4 is 0 Å². The van der Waals surface area contributed by atoms with Crippen LogP contribution in [0.4, 0.5) is 0 Å². The minimum Gasteiger partial charge on any atom is -0.274 e. The molecule has 0 radical (unpaired) electrons. The molecule has 19 heavy (non-hydrogen) atoms. The lowest BCUT2D eigenvalue weighted by atomic mass is 10.1. The van der Waals surface area contributed by atoms with Crippen molar-refractivity contribution in [1.82, 2.24) is 25.1 Å². The van der Waals surface area contributed by atoms with Gasteiger partial charge in [0.25, 0.3) is 11.8 Å². The van der Waals surface area contributed by atoms with Crippen LogP contribution in [0.15, 0.2) is 30.6 Å². The highest BCUT2D eigenvalue weighted by molar-refractivity contribution is 6.21. The molecule has 0 aliphatic carbocycles. The van der Waals surface area contributed by atoms with Crippen molar-refractivity contribution in [2.75, 3.05) is 6.54 Å². The number of rotatable bonds is 4. The van der Waals surface area contributed by atoms with E-state index in [1.807, 2.05) is 0 Å². The van der Waals surface area contributed by atoms with Gasteiger partial charge in [0.05, 0.1) is 17.7 Å². The number of hydrogen-bond donors (Lipinski definition) is 0. The van der Waals surface area contributed by atoms with Gasteiger partial charge < -0.3 is 0 Å². The first-order valence-electron chi connectivity index (χ1n) is 5.93. The second kappa shape index (κ2) is 4.60. The number of aromatic nitrogens is 4. The molecule has 0 saturated heterocycles. The zero-order valence-corrected chi connectivity index (χ0v) is 10.1. The molecular formula is C12H11N5O2. The number of tetrazole rings is 1. The maximum absolute atomic E-state index is 12.1. The Balaban J connectivity index is 1.67. The summed E-state index contributed by atoms with van der Waals surface area (Å²) < 4.78 is 0. The Labute approximate surface area is 108 Å². The molecule has 96 valence electrons. The molecule has 1 aliphatic heterocycles. The van der Waals surface area contributed by atoms with Gasteiger partial charge in [-0.05, 0) is 23.8 Å². The molecule has 0 unspecified atom stereocenters. The van der Waals surface area contributed by atoms with Gasteiger partial charge in [-0.2, -0.15) is 4.80 Å². The van der Waals surface area contributed by atoms with Gasteiger partial charge in [-0.25, -0.2) is 0 Å². The highest BCUT2D eigenvalue weighted by Gasteiger charge is 2.34. The highest BCUT2D eigenvalue weighted by atomic mass is 16.2. The predicted octanol–water partition coefficient (Wildman–Crippen LogP) is 0.359. The molecule has 1 aliphatic rings. The monoisotopic (exact) mass is 257 g/mol. The topological polar surface area (TPSA) is 81.0 Å². The van der Waals surface area contributed by atoms with E-state index >= 15 is 0 Å². The Morgan fingerprint density at radius 1 is 1.00 bits per heavy atom. The van der Waals surface area contributed by atoms with E-state index in [1.54, 1.807) is 24.3 Å².